The Kier molecular flexibility index (Phi) is 15.8. The first-order valence-electron chi connectivity index (χ1n) is 41.4. The van der Waals surface area contributed by atoms with E-state index in [1.807, 2.05) is 18.2 Å². The molecule has 4 aliphatic carbocycles. The SMILES string of the molecule is c1ccc(-c2ccc(N(c3ccc4c(c3)-c3ccccc3Oc3ccccc3-4)c3ccc4c(c3)-c3ccccc3C43c4ccccc4-c4ccccc4-c4ccccc43)cc2)cc1.c1ccc(N(c2ccc3c(c2)-c2ccccc2Oc2ccccc2-3)c2ccc3c(c2)-c2ccccc2C32c3ccccc3-c3ccccc3-c3ccccc32)cc1. The highest BCUT2D eigenvalue weighted by atomic mass is 16.5. The first-order chi connectivity index (χ1) is 59.5. The van der Waals surface area contributed by atoms with Crippen molar-refractivity contribution in [2.75, 3.05) is 9.80 Å². The summed E-state index contributed by atoms with van der Waals surface area (Å²) in [5.41, 5.74) is 42.4. The Bertz CT molecular complexity index is 7250. The van der Waals surface area contributed by atoms with Crippen LogP contribution in [0, 0.1) is 0 Å². The maximum absolute atomic E-state index is 6.61. The lowest BCUT2D eigenvalue weighted by molar-refractivity contribution is 0.487. The molecule has 6 aliphatic rings. The highest BCUT2D eigenvalue weighted by Crippen LogP contribution is 2.65. The standard InChI is InChI=1S/C61H39NO.C55H35NO/c1-2-16-40(17-3-1)41-30-32-42(33-31-41)62(43-34-36-47-51-23-9-14-28-59(51)63-60-29-15-10-24-52(60)53(47)38-43)44-35-37-58-54(39-44)50-22-8-13-27-57(50)61(58)55-25-11-6-20-48(55)45-18-4-5-19-46(45)49-21-7-12-26-56(49)61;1-2-16-36(17-3-1)56(37-30-32-41-45-23-9-14-28-53(45)57-54-29-15-10-24-46(54)47(41)34-37)38-31-33-52-48(35-38)44-22-8-13-27-51(44)55(52)49-25-11-6-20-42(49)39-18-4-5-19-40(39)43-21-7-12-26-50(43)55/h1-39H;1-35H. The van der Waals surface area contributed by atoms with E-state index >= 15 is 0 Å². The summed E-state index contributed by atoms with van der Waals surface area (Å²) in [4.78, 5) is 4.83. The minimum atomic E-state index is -0.542. The molecule has 2 aliphatic heterocycles. The first-order valence-corrected chi connectivity index (χ1v) is 41.4. The third-order valence-corrected chi connectivity index (χ3v) is 25.8. The maximum Gasteiger partial charge on any atom is 0.135 e. The van der Waals surface area contributed by atoms with E-state index in [-0.39, 0.29) is 0 Å². The second-order valence-corrected chi connectivity index (χ2v) is 31.9. The number of anilines is 6. The van der Waals surface area contributed by atoms with Gasteiger partial charge in [-0.05, 0) is 242 Å². The average molecular weight is 1530 g/mol. The Labute approximate surface area is 698 Å². The second kappa shape index (κ2) is 27.5. The Morgan fingerprint density at radius 1 is 0.133 bits per heavy atom. The summed E-state index contributed by atoms with van der Waals surface area (Å²) >= 11 is 0. The van der Waals surface area contributed by atoms with Gasteiger partial charge in [0.25, 0.3) is 0 Å². The molecule has 4 heteroatoms. The summed E-state index contributed by atoms with van der Waals surface area (Å²) in [6.07, 6.45) is 0. The van der Waals surface area contributed by atoms with Crippen molar-refractivity contribution in [2.45, 2.75) is 10.8 Å². The quantitative estimate of drug-likeness (QED) is 0.159. The molecule has 19 aromatic carbocycles. The minimum Gasteiger partial charge on any atom is -0.456 e. The maximum atomic E-state index is 6.61. The van der Waals surface area contributed by atoms with Crippen molar-refractivity contribution < 1.29 is 9.47 Å². The fourth-order valence-corrected chi connectivity index (χ4v) is 20.9. The third kappa shape index (κ3) is 10.4. The van der Waals surface area contributed by atoms with Crippen molar-refractivity contribution >= 4 is 34.1 Å². The predicted molar refractivity (Wildman–Crippen MR) is 493 cm³/mol. The van der Waals surface area contributed by atoms with Gasteiger partial charge in [-0.15, -0.1) is 0 Å². The van der Waals surface area contributed by atoms with Crippen molar-refractivity contribution in [1.82, 2.24) is 0 Å². The van der Waals surface area contributed by atoms with Crippen LogP contribution in [-0.2, 0) is 10.8 Å². The highest BCUT2D eigenvalue weighted by Gasteiger charge is 2.52. The van der Waals surface area contributed by atoms with Crippen LogP contribution < -0.4 is 19.3 Å². The predicted octanol–water partition coefficient (Wildman–Crippen LogP) is 30.9. The molecule has 120 heavy (non-hydrogen) atoms. The molecule has 25 rings (SSSR count). The van der Waals surface area contributed by atoms with Crippen LogP contribution in [0.3, 0.4) is 0 Å². The summed E-state index contributed by atoms with van der Waals surface area (Å²) in [5, 5.41) is 0. The lowest BCUT2D eigenvalue weighted by Crippen LogP contribution is -2.29. The van der Waals surface area contributed by atoms with Crippen LogP contribution in [0.5, 0.6) is 23.0 Å². The number of ether oxygens (including phenoxy) is 2. The van der Waals surface area contributed by atoms with Gasteiger partial charge in [0, 0.05) is 56.4 Å². The van der Waals surface area contributed by atoms with E-state index in [1.54, 1.807) is 0 Å². The summed E-state index contributed by atoms with van der Waals surface area (Å²) in [7, 11) is 0. The summed E-state index contributed by atoms with van der Waals surface area (Å²) < 4.78 is 13.2. The zero-order valence-corrected chi connectivity index (χ0v) is 65.4. The number of rotatable bonds is 7. The van der Waals surface area contributed by atoms with E-state index in [4.69, 9.17) is 9.47 Å². The van der Waals surface area contributed by atoms with Gasteiger partial charge in [-0.2, -0.15) is 0 Å². The molecule has 0 saturated carbocycles. The molecule has 0 bridgehead atoms. The Morgan fingerprint density at radius 2 is 0.342 bits per heavy atom. The van der Waals surface area contributed by atoms with Crippen LogP contribution in [0.1, 0.15) is 44.5 Å². The van der Waals surface area contributed by atoms with Gasteiger partial charge in [-0.3, -0.25) is 0 Å². The van der Waals surface area contributed by atoms with E-state index in [0.29, 0.717) is 0 Å². The van der Waals surface area contributed by atoms with Crippen molar-refractivity contribution in [1.29, 1.82) is 0 Å². The van der Waals surface area contributed by atoms with Crippen LogP contribution in [0.2, 0.25) is 0 Å². The number of benzene rings is 19. The molecule has 0 N–H and O–H groups in total. The van der Waals surface area contributed by atoms with Gasteiger partial charge in [-0.1, -0.05) is 352 Å². The van der Waals surface area contributed by atoms with E-state index < -0.39 is 10.8 Å². The van der Waals surface area contributed by atoms with Gasteiger partial charge in [0.1, 0.15) is 23.0 Å². The topological polar surface area (TPSA) is 24.9 Å². The molecular weight excluding hydrogens is 1450 g/mol. The highest BCUT2D eigenvalue weighted by molar-refractivity contribution is 6.03. The van der Waals surface area contributed by atoms with Gasteiger partial charge in [0.05, 0.1) is 10.8 Å². The molecule has 0 unspecified atom stereocenters. The average Bonchev–Trinajstić information content (AvgIpc) is 1.52. The molecule has 0 aromatic heterocycles. The van der Waals surface area contributed by atoms with Gasteiger partial charge in [0.2, 0.25) is 0 Å². The molecule has 2 spiro atoms. The molecule has 0 atom stereocenters. The Morgan fingerprint density at radius 3 is 0.675 bits per heavy atom. The van der Waals surface area contributed by atoms with Crippen LogP contribution >= 0.6 is 0 Å². The van der Waals surface area contributed by atoms with Crippen molar-refractivity contribution in [3.63, 3.8) is 0 Å². The summed E-state index contributed by atoms with van der Waals surface area (Å²) in [6, 6.07) is 164. The molecule has 0 fully saturated rings. The number of fused-ring (bicyclic) bond motifs is 34. The van der Waals surface area contributed by atoms with Crippen LogP contribution in [-0.4, -0.2) is 0 Å². The second-order valence-electron chi connectivity index (χ2n) is 31.9. The lowest BCUT2D eigenvalue weighted by atomic mass is 9.66. The summed E-state index contributed by atoms with van der Waals surface area (Å²) in [6.45, 7) is 0. The smallest absolute Gasteiger partial charge is 0.135 e. The Balaban J connectivity index is 0.000000137. The zero-order chi connectivity index (χ0) is 79.0. The van der Waals surface area contributed by atoms with Crippen molar-refractivity contribution in [3.8, 4) is 145 Å². The largest absolute Gasteiger partial charge is 0.456 e. The van der Waals surface area contributed by atoms with Crippen molar-refractivity contribution in [3.05, 3.63) is 493 Å². The van der Waals surface area contributed by atoms with E-state index in [2.05, 4.69) is 441 Å². The number of hydrogen-bond donors (Lipinski definition) is 0. The van der Waals surface area contributed by atoms with Crippen molar-refractivity contribution in [2.24, 2.45) is 0 Å². The fourth-order valence-electron chi connectivity index (χ4n) is 20.9. The fraction of sp³-hybridized carbons (Fsp3) is 0.0172. The Hall–Kier alpha value is -15.6. The van der Waals surface area contributed by atoms with Crippen LogP contribution in [0.15, 0.2) is 449 Å². The minimum absolute atomic E-state index is 0.518. The van der Waals surface area contributed by atoms with Gasteiger partial charge in [-0.25, -0.2) is 0 Å². The lowest BCUT2D eigenvalue weighted by Gasteiger charge is -2.35. The third-order valence-electron chi connectivity index (χ3n) is 25.8. The van der Waals surface area contributed by atoms with Crippen LogP contribution in [0.4, 0.5) is 34.1 Å². The molecule has 2 heterocycles. The van der Waals surface area contributed by atoms with Gasteiger partial charge < -0.3 is 19.3 Å². The molecular formula is C116H74N2O2. The van der Waals surface area contributed by atoms with Gasteiger partial charge in [0.15, 0.2) is 0 Å². The molecule has 0 saturated heterocycles. The van der Waals surface area contributed by atoms with Gasteiger partial charge >= 0.3 is 0 Å². The monoisotopic (exact) mass is 1530 g/mol. The molecule has 0 radical (unpaired) electrons. The number of hydrogen-bond acceptors (Lipinski definition) is 4. The molecule has 19 aromatic rings. The molecule has 0 amide bonds. The first kappa shape index (κ1) is 68.8. The van der Waals surface area contributed by atoms with E-state index in [1.165, 1.54) is 122 Å². The van der Waals surface area contributed by atoms with E-state index in [9.17, 15) is 0 Å². The zero-order valence-electron chi connectivity index (χ0n) is 65.4. The number of para-hydroxylation sites is 5. The number of nitrogens with zero attached hydrogens (tertiary/aromatic N) is 2. The van der Waals surface area contributed by atoms with E-state index in [0.717, 1.165) is 102 Å². The van der Waals surface area contributed by atoms with Crippen LogP contribution in [0.25, 0.3) is 122 Å². The normalized spacial score (nSPS) is 13.1. The molecule has 4 nitrogen and oxygen atoms in total. The summed E-state index contributed by atoms with van der Waals surface area (Å²) in [5.74, 6) is 3.44. The molecule has 560 valence electrons.